The number of rotatable bonds is 3. The van der Waals surface area contributed by atoms with Gasteiger partial charge in [-0.2, -0.15) is 0 Å². The van der Waals surface area contributed by atoms with Crippen molar-refractivity contribution in [1.82, 2.24) is 9.88 Å². The van der Waals surface area contributed by atoms with Gasteiger partial charge in [0, 0.05) is 32.8 Å². The number of aryl methyl sites for hydroxylation is 1. The topological polar surface area (TPSA) is 63.5 Å². The zero-order valence-corrected chi connectivity index (χ0v) is 10.3. The minimum absolute atomic E-state index is 0.189. The van der Waals surface area contributed by atoms with Crippen molar-refractivity contribution in [3.05, 3.63) is 23.0 Å². The van der Waals surface area contributed by atoms with E-state index in [4.69, 9.17) is 16.3 Å². The molecular weight excluding hydrogens is 244 g/mol. The number of hydrogen-bond donors (Lipinski definition) is 2. The van der Waals surface area contributed by atoms with Crippen LogP contribution in [-0.4, -0.2) is 40.9 Å². The summed E-state index contributed by atoms with van der Waals surface area (Å²) in [5.41, 5.74) is -0.470. The van der Waals surface area contributed by atoms with E-state index in [-0.39, 0.29) is 19.1 Å². The molecule has 6 heteroatoms. The summed E-state index contributed by atoms with van der Waals surface area (Å²) in [7, 11) is 1.74. The molecule has 1 amide bonds. The van der Waals surface area contributed by atoms with Crippen molar-refractivity contribution >= 4 is 17.5 Å². The molecule has 94 valence electrons. The Hall–Kier alpha value is -1.04. The summed E-state index contributed by atoms with van der Waals surface area (Å²) in [5, 5.41) is 13.2. The highest BCUT2D eigenvalue weighted by Crippen LogP contribution is 2.17. The molecule has 0 radical (unpaired) electrons. The highest BCUT2D eigenvalue weighted by molar-refractivity contribution is 6.31. The van der Waals surface area contributed by atoms with E-state index in [0.717, 1.165) is 0 Å². The van der Waals surface area contributed by atoms with Crippen molar-refractivity contribution in [2.45, 2.75) is 12.0 Å². The van der Waals surface area contributed by atoms with Gasteiger partial charge in [0.1, 0.15) is 11.3 Å². The molecule has 2 heterocycles. The predicted octanol–water partition coefficient (Wildman–Crippen LogP) is 0.560. The van der Waals surface area contributed by atoms with Gasteiger partial charge < -0.3 is 19.7 Å². The molecule has 17 heavy (non-hydrogen) atoms. The molecule has 2 N–H and O–H groups in total. The number of nitrogens with one attached hydrogen (secondary N) is 1. The first kappa shape index (κ1) is 12.4. The van der Waals surface area contributed by atoms with Crippen LogP contribution in [0.1, 0.15) is 16.9 Å². The minimum Gasteiger partial charge on any atom is -0.386 e. The van der Waals surface area contributed by atoms with Crippen LogP contribution in [0.4, 0.5) is 0 Å². The Labute approximate surface area is 104 Å². The van der Waals surface area contributed by atoms with Crippen LogP contribution >= 0.6 is 11.6 Å². The monoisotopic (exact) mass is 258 g/mol. The first-order chi connectivity index (χ1) is 8.00. The van der Waals surface area contributed by atoms with Crippen molar-refractivity contribution in [3.63, 3.8) is 0 Å². The Kier molecular flexibility index (Phi) is 3.42. The summed E-state index contributed by atoms with van der Waals surface area (Å²) >= 11 is 5.79. The van der Waals surface area contributed by atoms with Crippen LogP contribution in [0.15, 0.2) is 12.3 Å². The van der Waals surface area contributed by atoms with Crippen LogP contribution in [-0.2, 0) is 11.8 Å². The molecule has 1 atom stereocenters. The van der Waals surface area contributed by atoms with Crippen LogP contribution < -0.4 is 5.32 Å². The molecule has 0 aromatic carbocycles. The third-order valence-electron chi connectivity index (χ3n) is 2.86. The Morgan fingerprint density at radius 2 is 2.53 bits per heavy atom. The molecule has 1 aromatic heterocycles. The quantitative estimate of drug-likeness (QED) is 0.833. The molecule has 1 aliphatic rings. The van der Waals surface area contributed by atoms with Crippen LogP contribution in [0, 0.1) is 0 Å². The molecule has 1 unspecified atom stereocenters. The summed E-state index contributed by atoms with van der Waals surface area (Å²) < 4.78 is 6.74. The maximum Gasteiger partial charge on any atom is 0.268 e. The molecule has 0 aliphatic carbocycles. The lowest BCUT2D eigenvalue weighted by Gasteiger charge is -2.20. The van der Waals surface area contributed by atoms with Crippen molar-refractivity contribution in [3.8, 4) is 0 Å². The van der Waals surface area contributed by atoms with Crippen molar-refractivity contribution in [1.29, 1.82) is 0 Å². The Bertz CT molecular complexity index is 424. The number of hydrogen-bond acceptors (Lipinski definition) is 3. The van der Waals surface area contributed by atoms with Crippen molar-refractivity contribution in [2.24, 2.45) is 7.05 Å². The number of amides is 1. The highest BCUT2D eigenvalue weighted by Gasteiger charge is 2.32. The van der Waals surface area contributed by atoms with Gasteiger partial charge in [-0.05, 0) is 6.07 Å². The SMILES string of the molecule is Cn1cc(Cl)cc1C(=O)NCC1(O)CCOC1. The summed E-state index contributed by atoms with van der Waals surface area (Å²) in [6.45, 7) is 0.984. The average molecular weight is 259 g/mol. The fourth-order valence-corrected chi connectivity index (χ4v) is 2.07. The van der Waals surface area contributed by atoms with Crippen molar-refractivity contribution < 1.29 is 14.6 Å². The number of carbonyl (C=O) groups is 1. The van der Waals surface area contributed by atoms with Gasteiger partial charge in [0.2, 0.25) is 0 Å². The van der Waals surface area contributed by atoms with Crippen LogP contribution in [0.5, 0.6) is 0 Å². The minimum atomic E-state index is -0.940. The van der Waals surface area contributed by atoms with Gasteiger partial charge in [-0.3, -0.25) is 4.79 Å². The molecule has 0 spiro atoms. The maximum absolute atomic E-state index is 11.8. The van der Waals surface area contributed by atoms with E-state index in [2.05, 4.69) is 5.32 Å². The lowest BCUT2D eigenvalue weighted by Crippen LogP contribution is -2.43. The molecule has 0 bridgehead atoms. The lowest BCUT2D eigenvalue weighted by molar-refractivity contribution is 0.0263. The standard InChI is InChI=1S/C11H15ClN2O3/c1-14-5-8(12)4-9(14)10(15)13-6-11(16)2-3-17-7-11/h4-5,16H,2-3,6-7H2,1H3,(H,13,15). The Morgan fingerprint density at radius 1 is 1.76 bits per heavy atom. The van der Waals surface area contributed by atoms with E-state index in [1.807, 2.05) is 0 Å². The third-order valence-corrected chi connectivity index (χ3v) is 3.07. The Morgan fingerprint density at radius 3 is 3.06 bits per heavy atom. The normalized spacial score (nSPS) is 23.9. The zero-order valence-electron chi connectivity index (χ0n) is 9.57. The lowest BCUT2D eigenvalue weighted by atomic mass is 10.0. The molecular formula is C11H15ClN2O3. The zero-order chi connectivity index (χ0) is 12.5. The smallest absolute Gasteiger partial charge is 0.268 e. The largest absolute Gasteiger partial charge is 0.386 e. The van der Waals surface area contributed by atoms with E-state index < -0.39 is 5.60 Å². The molecule has 5 nitrogen and oxygen atoms in total. The Balaban J connectivity index is 1.95. The number of nitrogens with zero attached hydrogens (tertiary/aromatic N) is 1. The number of halogens is 1. The fraction of sp³-hybridized carbons (Fsp3) is 0.545. The van der Waals surface area contributed by atoms with E-state index in [9.17, 15) is 9.90 Å². The fourth-order valence-electron chi connectivity index (χ4n) is 1.82. The number of carbonyl (C=O) groups excluding carboxylic acids is 1. The first-order valence-electron chi connectivity index (χ1n) is 5.40. The van der Waals surface area contributed by atoms with Crippen molar-refractivity contribution in [2.75, 3.05) is 19.8 Å². The van der Waals surface area contributed by atoms with Gasteiger partial charge in [0.25, 0.3) is 5.91 Å². The van der Waals surface area contributed by atoms with E-state index in [0.29, 0.717) is 23.7 Å². The van der Waals surface area contributed by atoms with Gasteiger partial charge >= 0.3 is 0 Å². The van der Waals surface area contributed by atoms with Gasteiger partial charge in [0.05, 0.1) is 11.6 Å². The third kappa shape index (κ3) is 2.80. The molecule has 1 aliphatic heterocycles. The summed E-state index contributed by atoms with van der Waals surface area (Å²) in [4.78, 5) is 11.8. The summed E-state index contributed by atoms with van der Waals surface area (Å²) in [6, 6.07) is 1.59. The summed E-state index contributed by atoms with van der Waals surface area (Å²) in [5.74, 6) is -0.250. The number of ether oxygens (including phenoxy) is 1. The molecule has 1 saturated heterocycles. The van der Waals surface area contributed by atoms with Gasteiger partial charge in [-0.1, -0.05) is 11.6 Å². The van der Waals surface area contributed by atoms with Gasteiger partial charge in [0.15, 0.2) is 0 Å². The highest BCUT2D eigenvalue weighted by atomic mass is 35.5. The molecule has 1 fully saturated rings. The first-order valence-corrected chi connectivity index (χ1v) is 5.78. The predicted molar refractivity (Wildman–Crippen MR) is 63.1 cm³/mol. The summed E-state index contributed by atoms with van der Waals surface area (Å²) in [6.07, 6.45) is 2.20. The van der Waals surface area contributed by atoms with Gasteiger partial charge in [-0.15, -0.1) is 0 Å². The second kappa shape index (κ2) is 4.68. The van der Waals surface area contributed by atoms with E-state index in [1.165, 1.54) is 0 Å². The molecule has 1 aromatic rings. The van der Waals surface area contributed by atoms with Gasteiger partial charge in [-0.25, -0.2) is 0 Å². The van der Waals surface area contributed by atoms with E-state index in [1.54, 1.807) is 23.9 Å². The average Bonchev–Trinajstić information content (AvgIpc) is 2.83. The molecule has 0 saturated carbocycles. The second-order valence-corrected chi connectivity index (χ2v) is 4.80. The molecule has 2 rings (SSSR count). The van der Waals surface area contributed by atoms with Crippen LogP contribution in [0.3, 0.4) is 0 Å². The van der Waals surface area contributed by atoms with Crippen LogP contribution in [0.2, 0.25) is 5.02 Å². The number of aromatic nitrogens is 1. The van der Waals surface area contributed by atoms with E-state index >= 15 is 0 Å². The second-order valence-electron chi connectivity index (χ2n) is 4.36. The maximum atomic E-state index is 11.8. The number of aliphatic hydroxyl groups is 1. The van der Waals surface area contributed by atoms with Crippen LogP contribution in [0.25, 0.3) is 0 Å².